The van der Waals surface area contributed by atoms with Crippen LogP contribution in [-0.2, 0) is 14.2 Å². The van der Waals surface area contributed by atoms with Crippen LogP contribution in [0.2, 0.25) is 0 Å². The molecule has 0 aromatic heterocycles. The number of ether oxygens (including phenoxy) is 3. The first kappa shape index (κ1) is 16.2. The van der Waals surface area contributed by atoms with Crippen LogP contribution in [0.3, 0.4) is 0 Å². The van der Waals surface area contributed by atoms with Crippen LogP contribution in [0.5, 0.6) is 0 Å². The molecule has 122 valence electrons. The van der Waals surface area contributed by atoms with Crippen molar-refractivity contribution < 1.29 is 24.4 Å². The zero-order chi connectivity index (χ0) is 15.9. The smallest absolute Gasteiger partial charge is 0.163 e. The summed E-state index contributed by atoms with van der Waals surface area (Å²) in [7, 11) is 0. The number of aliphatic hydroxyl groups excluding tert-OH is 2. The zero-order valence-corrected chi connectivity index (χ0v) is 13.7. The van der Waals surface area contributed by atoms with Crippen LogP contribution in [-0.4, -0.2) is 52.5 Å². The Labute approximate surface area is 134 Å². The number of hydrogen-bond acceptors (Lipinski definition) is 6. The van der Waals surface area contributed by atoms with Gasteiger partial charge in [0.15, 0.2) is 5.79 Å². The molecule has 1 aromatic rings. The largest absolute Gasteiger partial charge is 0.387 e. The Morgan fingerprint density at radius 3 is 2.50 bits per heavy atom. The maximum absolute atomic E-state index is 10.4. The van der Waals surface area contributed by atoms with E-state index in [1.165, 1.54) is 17.3 Å². The van der Waals surface area contributed by atoms with E-state index in [0.717, 1.165) is 4.90 Å². The summed E-state index contributed by atoms with van der Waals surface area (Å²) in [6, 6.07) is 7.97. The minimum absolute atomic E-state index is 0.340. The van der Waals surface area contributed by atoms with Gasteiger partial charge in [-0.1, -0.05) is 29.5 Å². The minimum Gasteiger partial charge on any atom is -0.387 e. The van der Waals surface area contributed by atoms with Crippen LogP contribution in [0.15, 0.2) is 29.2 Å². The Morgan fingerprint density at radius 2 is 1.82 bits per heavy atom. The van der Waals surface area contributed by atoms with Crippen molar-refractivity contribution in [3.05, 3.63) is 29.8 Å². The summed E-state index contributed by atoms with van der Waals surface area (Å²) in [5.41, 5.74) is 0.623. The van der Waals surface area contributed by atoms with Crippen molar-refractivity contribution in [3.63, 3.8) is 0 Å². The molecule has 0 aliphatic carbocycles. The summed E-state index contributed by atoms with van der Waals surface area (Å²) in [5.74, 6) is -0.776. The molecule has 2 saturated heterocycles. The van der Waals surface area contributed by atoms with Crippen LogP contribution >= 0.6 is 11.8 Å². The SMILES string of the molecule is Cc1ccc(S[C@@H]2O[C@@H]3COC(C)(C)O[C@H]3[C@H](O)[C@H]2O)cc1. The van der Waals surface area contributed by atoms with Crippen molar-refractivity contribution in [2.45, 2.75) is 61.3 Å². The monoisotopic (exact) mass is 326 g/mol. The number of aliphatic hydroxyl groups is 2. The van der Waals surface area contributed by atoms with Crippen LogP contribution in [0, 0.1) is 6.92 Å². The molecule has 2 heterocycles. The molecule has 2 fully saturated rings. The summed E-state index contributed by atoms with van der Waals surface area (Å²) < 4.78 is 17.2. The van der Waals surface area contributed by atoms with Gasteiger partial charge in [0.05, 0.1) is 6.61 Å². The molecule has 3 rings (SSSR count). The molecule has 0 saturated carbocycles. The van der Waals surface area contributed by atoms with Crippen molar-refractivity contribution in [1.29, 1.82) is 0 Å². The third-order valence-corrected chi connectivity index (χ3v) is 5.10. The summed E-state index contributed by atoms with van der Waals surface area (Å²) in [6.07, 6.45) is -2.96. The van der Waals surface area contributed by atoms with E-state index in [1.807, 2.05) is 31.2 Å². The average Bonchev–Trinajstić information content (AvgIpc) is 2.47. The first-order chi connectivity index (χ1) is 10.4. The second kappa shape index (κ2) is 6.11. The van der Waals surface area contributed by atoms with E-state index >= 15 is 0 Å². The highest BCUT2D eigenvalue weighted by Crippen LogP contribution is 2.37. The predicted octanol–water partition coefficient (Wildman–Crippen LogP) is 1.69. The molecule has 2 aliphatic heterocycles. The molecule has 5 nitrogen and oxygen atoms in total. The van der Waals surface area contributed by atoms with Gasteiger partial charge in [-0.05, 0) is 32.9 Å². The van der Waals surface area contributed by atoms with E-state index in [9.17, 15) is 10.2 Å². The minimum atomic E-state index is -1.01. The fourth-order valence-corrected chi connectivity index (χ4v) is 3.74. The van der Waals surface area contributed by atoms with Crippen molar-refractivity contribution in [2.75, 3.05) is 6.61 Å². The number of fused-ring (bicyclic) bond motifs is 1. The molecule has 1 aromatic carbocycles. The second-order valence-electron chi connectivity index (χ2n) is 6.25. The fourth-order valence-electron chi connectivity index (χ4n) is 2.68. The third kappa shape index (κ3) is 3.32. The van der Waals surface area contributed by atoms with Crippen molar-refractivity contribution in [1.82, 2.24) is 0 Å². The van der Waals surface area contributed by atoms with Gasteiger partial charge in [-0.25, -0.2) is 0 Å². The zero-order valence-electron chi connectivity index (χ0n) is 12.9. The quantitative estimate of drug-likeness (QED) is 0.862. The number of hydrogen-bond donors (Lipinski definition) is 2. The van der Waals surface area contributed by atoms with Crippen LogP contribution in [0.1, 0.15) is 19.4 Å². The maximum atomic E-state index is 10.4. The first-order valence-electron chi connectivity index (χ1n) is 7.42. The Morgan fingerprint density at radius 1 is 1.14 bits per heavy atom. The Balaban J connectivity index is 1.71. The van der Waals surface area contributed by atoms with Crippen LogP contribution < -0.4 is 0 Å². The van der Waals surface area contributed by atoms with Gasteiger partial charge in [0.25, 0.3) is 0 Å². The Hall–Kier alpha value is -0.630. The molecule has 2 aliphatic rings. The number of aryl methyl sites for hydroxylation is 1. The number of benzene rings is 1. The van der Waals surface area contributed by atoms with Gasteiger partial charge in [0, 0.05) is 4.90 Å². The van der Waals surface area contributed by atoms with E-state index in [-0.39, 0.29) is 6.10 Å². The highest BCUT2D eigenvalue weighted by Gasteiger charge is 2.50. The second-order valence-corrected chi connectivity index (χ2v) is 7.42. The van der Waals surface area contributed by atoms with Crippen molar-refractivity contribution in [3.8, 4) is 0 Å². The van der Waals surface area contributed by atoms with E-state index in [4.69, 9.17) is 14.2 Å². The normalized spacial score (nSPS) is 37.6. The van der Waals surface area contributed by atoms with Gasteiger partial charge in [-0.2, -0.15) is 0 Å². The highest BCUT2D eigenvalue weighted by molar-refractivity contribution is 7.99. The van der Waals surface area contributed by atoms with E-state index in [1.54, 1.807) is 13.8 Å². The third-order valence-electron chi connectivity index (χ3n) is 3.93. The molecule has 6 heteroatoms. The van der Waals surface area contributed by atoms with Gasteiger partial charge in [0.2, 0.25) is 0 Å². The Kier molecular flexibility index (Phi) is 4.51. The summed E-state index contributed by atoms with van der Waals surface area (Å²) in [6.45, 7) is 5.94. The van der Waals surface area contributed by atoms with Gasteiger partial charge in [-0.3, -0.25) is 0 Å². The molecule has 0 unspecified atom stereocenters. The lowest BCUT2D eigenvalue weighted by Crippen LogP contribution is -2.63. The van der Waals surface area contributed by atoms with Gasteiger partial charge in [0.1, 0.15) is 29.9 Å². The molecule has 0 bridgehead atoms. The Bertz CT molecular complexity index is 516. The summed E-state index contributed by atoms with van der Waals surface area (Å²) in [4.78, 5) is 0.985. The van der Waals surface area contributed by atoms with Crippen LogP contribution in [0.25, 0.3) is 0 Å². The first-order valence-corrected chi connectivity index (χ1v) is 8.30. The van der Waals surface area contributed by atoms with Crippen molar-refractivity contribution in [2.24, 2.45) is 0 Å². The van der Waals surface area contributed by atoms with Crippen molar-refractivity contribution >= 4 is 11.8 Å². The molecule has 0 spiro atoms. The molecular weight excluding hydrogens is 304 g/mol. The maximum Gasteiger partial charge on any atom is 0.163 e. The molecule has 2 N–H and O–H groups in total. The van der Waals surface area contributed by atoms with Gasteiger partial charge < -0.3 is 24.4 Å². The molecule has 22 heavy (non-hydrogen) atoms. The highest BCUT2D eigenvalue weighted by atomic mass is 32.2. The number of rotatable bonds is 2. The summed E-state index contributed by atoms with van der Waals surface area (Å²) >= 11 is 1.40. The molecule has 0 radical (unpaired) electrons. The molecule has 5 atom stereocenters. The standard InChI is InChI=1S/C16H22O5S/c1-9-4-6-10(7-5-9)22-15-13(18)12(17)14-11(20-15)8-19-16(2,3)21-14/h4-7,11-15,17-18H,8H2,1-3H3/t11-,12-,13-,14-,15+/m1/s1. The lowest BCUT2D eigenvalue weighted by molar-refractivity contribution is -0.350. The lowest BCUT2D eigenvalue weighted by Gasteiger charge is -2.48. The van der Waals surface area contributed by atoms with Gasteiger partial charge >= 0.3 is 0 Å². The van der Waals surface area contributed by atoms with E-state index in [2.05, 4.69) is 0 Å². The summed E-state index contributed by atoms with van der Waals surface area (Å²) in [5, 5.41) is 20.7. The van der Waals surface area contributed by atoms with E-state index in [0.29, 0.717) is 6.61 Å². The average molecular weight is 326 g/mol. The topological polar surface area (TPSA) is 68.2 Å². The molecule has 0 amide bonds. The van der Waals surface area contributed by atoms with Gasteiger partial charge in [-0.15, -0.1) is 0 Å². The predicted molar refractivity (Wildman–Crippen MR) is 82.6 cm³/mol. The lowest BCUT2D eigenvalue weighted by atomic mass is 9.98. The van der Waals surface area contributed by atoms with Crippen LogP contribution in [0.4, 0.5) is 0 Å². The van der Waals surface area contributed by atoms with E-state index < -0.39 is 29.5 Å². The number of thioether (sulfide) groups is 1. The molecular formula is C16H22O5S. The fraction of sp³-hybridized carbons (Fsp3) is 0.625.